The van der Waals surface area contributed by atoms with Gasteiger partial charge >= 0.3 is 0 Å². The van der Waals surface area contributed by atoms with E-state index >= 15 is 0 Å². The van der Waals surface area contributed by atoms with E-state index in [9.17, 15) is 0 Å². The van der Waals surface area contributed by atoms with Gasteiger partial charge in [-0.2, -0.15) is 0 Å². The SMILES string of the molecule is C=C(C)CC1CCC(/C=C/C2CCC(C3CCC(C4CCC(C)CC4)CC3)CC2)CC1. The third kappa shape index (κ3) is 6.98. The van der Waals surface area contributed by atoms with Gasteiger partial charge in [-0.05, 0) is 151 Å². The number of rotatable bonds is 6. The van der Waals surface area contributed by atoms with Gasteiger partial charge in [0.15, 0.2) is 0 Å². The lowest BCUT2D eigenvalue weighted by atomic mass is 9.65. The Kier molecular flexibility index (Phi) is 8.81. The third-order valence-corrected chi connectivity index (χ3v) is 10.2. The Morgan fingerprint density at radius 2 is 0.935 bits per heavy atom. The second-order valence-corrected chi connectivity index (χ2v) is 12.7. The molecule has 176 valence electrons. The highest BCUT2D eigenvalue weighted by atomic mass is 14.4. The maximum absolute atomic E-state index is 4.12. The second kappa shape index (κ2) is 11.6. The Morgan fingerprint density at radius 3 is 1.35 bits per heavy atom. The molecule has 0 unspecified atom stereocenters. The molecule has 0 radical (unpaired) electrons. The highest BCUT2D eigenvalue weighted by molar-refractivity contribution is 4.98. The van der Waals surface area contributed by atoms with Gasteiger partial charge in [0.1, 0.15) is 0 Å². The van der Waals surface area contributed by atoms with Gasteiger partial charge in [-0.1, -0.05) is 37.5 Å². The zero-order chi connectivity index (χ0) is 21.6. The van der Waals surface area contributed by atoms with Crippen LogP contribution in [0.2, 0.25) is 0 Å². The van der Waals surface area contributed by atoms with Crippen molar-refractivity contribution in [3.63, 3.8) is 0 Å². The van der Waals surface area contributed by atoms with Crippen LogP contribution in [-0.2, 0) is 0 Å². The van der Waals surface area contributed by atoms with E-state index in [0.717, 1.165) is 47.3 Å². The number of hydrogen-bond donors (Lipinski definition) is 0. The predicted octanol–water partition coefficient (Wildman–Crippen LogP) is 9.75. The summed E-state index contributed by atoms with van der Waals surface area (Å²) in [7, 11) is 0. The minimum Gasteiger partial charge on any atom is -0.100 e. The minimum absolute atomic E-state index is 0.872. The third-order valence-electron chi connectivity index (χ3n) is 10.2. The van der Waals surface area contributed by atoms with Crippen LogP contribution in [0.1, 0.15) is 123 Å². The Labute approximate surface area is 194 Å². The standard InChI is InChI=1S/C31H52/c1-23(2)22-27-10-8-25(9-11-27)6-7-26-12-16-29(17-13-26)31-20-18-30(19-21-31)28-14-4-24(3)5-15-28/h6-7,24-31H,1,4-5,8-22H2,2-3H3/b7-6+. The molecule has 31 heavy (non-hydrogen) atoms. The van der Waals surface area contributed by atoms with Crippen molar-refractivity contribution < 1.29 is 0 Å². The summed E-state index contributed by atoms with van der Waals surface area (Å²) in [6.07, 6.45) is 30.6. The van der Waals surface area contributed by atoms with Crippen LogP contribution in [0.3, 0.4) is 0 Å². The first-order chi connectivity index (χ1) is 15.1. The largest absolute Gasteiger partial charge is 0.100 e. The van der Waals surface area contributed by atoms with Crippen molar-refractivity contribution >= 4 is 0 Å². The highest BCUT2D eigenvalue weighted by Gasteiger charge is 2.34. The quantitative estimate of drug-likeness (QED) is 0.372. The lowest BCUT2D eigenvalue weighted by Crippen LogP contribution is -2.29. The summed E-state index contributed by atoms with van der Waals surface area (Å²) in [5, 5.41) is 0. The van der Waals surface area contributed by atoms with Gasteiger partial charge in [0.2, 0.25) is 0 Å². The van der Waals surface area contributed by atoms with Crippen LogP contribution in [-0.4, -0.2) is 0 Å². The molecule has 4 fully saturated rings. The first-order valence-electron chi connectivity index (χ1n) is 14.4. The zero-order valence-electron chi connectivity index (χ0n) is 21.0. The van der Waals surface area contributed by atoms with Crippen LogP contribution in [0.5, 0.6) is 0 Å². The van der Waals surface area contributed by atoms with Crippen molar-refractivity contribution in [1.82, 2.24) is 0 Å². The van der Waals surface area contributed by atoms with Gasteiger partial charge in [0, 0.05) is 0 Å². The van der Waals surface area contributed by atoms with Gasteiger partial charge in [0.05, 0.1) is 0 Å². The molecule has 4 saturated carbocycles. The Balaban J connectivity index is 1.12. The molecular weight excluding hydrogens is 372 g/mol. The smallest absolute Gasteiger partial charge is 0.0233 e. The van der Waals surface area contributed by atoms with Crippen LogP contribution in [0.25, 0.3) is 0 Å². The van der Waals surface area contributed by atoms with E-state index in [1.807, 2.05) is 0 Å². The fourth-order valence-electron chi connectivity index (χ4n) is 8.05. The lowest BCUT2D eigenvalue weighted by molar-refractivity contribution is 0.110. The fraction of sp³-hybridized carbons (Fsp3) is 0.871. The molecule has 0 nitrogen and oxygen atoms in total. The van der Waals surface area contributed by atoms with Gasteiger partial charge < -0.3 is 0 Å². The van der Waals surface area contributed by atoms with Gasteiger partial charge in [-0.3, -0.25) is 0 Å². The van der Waals surface area contributed by atoms with Gasteiger partial charge in [-0.15, -0.1) is 6.58 Å². The maximum atomic E-state index is 4.12. The molecule has 0 amide bonds. The lowest BCUT2D eigenvalue weighted by Gasteiger charge is -2.41. The molecule has 4 rings (SSSR count). The van der Waals surface area contributed by atoms with Crippen molar-refractivity contribution in [2.75, 3.05) is 0 Å². The molecular formula is C31H52. The van der Waals surface area contributed by atoms with E-state index in [1.165, 1.54) is 76.2 Å². The van der Waals surface area contributed by atoms with Gasteiger partial charge in [0.25, 0.3) is 0 Å². The predicted molar refractivity (Wildman–Crippen MR) is 136 cm³/mol. The molecule has 0 saturated heterocycles. The molecule has 0 atom stereocenters. The summed E-state index contributed by atoms with van der Waals surface area (Å²) >= 11 is 0. The molecule has 0 spiro atoms. The van der Waals surface area contributed by atoms with Crippen molar-refractivity contribution in [2.45, 2.75) is 123 Å². The average molecular weight is 425 g/mol. The summed E-state index contributed by atoms with van der Waals surface area (Å²) in [6, 6.07) is 0. The molecule has 0 heteroatoms. The zero-order valence-corrected chi connectivity index (χ0v) is 21.0. The van der Waals surface area contributed by atoms with Crippen molar-refractivity contribution in [2.24, 2.45) is 47.3 Å². The normalized spacial score (nSPS) is 42.5. The molecule has 0 bridgehead atoms. The van der Waals surface area contributed by atoms with Gasteiger partial charge in [-0.25, -0.2) is 0 Å². The summed E-state index contributed by atoms with van der Waals surface area (Å²) in [5.74, 6) is 8.02. The first-order valence-corrected chi connectivity index (χ1v) is 14.4. The van der Waals surface area contributed by atoms with E-state index in [4.69, 9.17) is 0 Å². The first kappa shape index (κ1) is 23.6. The van der Waals surface area contributed by atoms with E-state index in [-0.39, 0.29) is 0 Å². The molecule has 4 aliphatic rings. The Morgan fingerprint density at radius 1 is 0.581 bits per heavy atom. The Bertz CT molecular complexity index is 553. The summed E-state index contributed by atoms with van der Waals surface area (Å²) in [6.45, 7) is 8.78. The fourth-order valence-corrected chi connectivity index (χ4v) is 8.05. The summed E-state index contributed by atoms with van der Waals surface area (Å²) in [5.41, 5.74) is 1.38. The van der Waals surface area contributed by atoms with Crippen molar-refractivity contribution in [3.8, 4) is 0 Å². The summed E-state index contributed by atoms with van der Waals surface area (Å²) in [4.78, 5) is 0. The van der Waals surface area contributed by atoms with Crippen LogP contribution in [0.4, 0.5) is 0 Å². The van der Waals surface area contributed by atoms with Crippen molar-refractivity contribution in [1.29, 1.82) is 0 Å². The van der Waals surface area contributed by atoms with Crippen LogP contribution in [0, 0.1) is 47.3 Å². The second-order valence-electron chi connectivity index (χ2n) is 12.7. The molecule has 0 aromatic heterocycles. The summed E-state index contributed by atoms with van der Waals surface area (Å²) < 4.78 is 0. The van der Waals surface area contributed by atoms with E-state index in [1.54, 1.807) is 38.5 Å². The van der Waals surface area contributed by atoms with E-state index < -0.39 is 0 Å². The molecule has 0 aromatic rings. The highest BCUT2D eigenvalue weighted by Crippen LogP contribution is 2.46. The Hall–Kier alpha value is -0.520. The molecule has 0 aromatic carbocycles. The molecule has 0 heterocycles. The minimum atomic E-state index is 0.872. The van der Waals surface area contributed by atoms with E-state index in [0.29, 0.717) is 0 Å². The average Bonchev–Trinajstić information content (AvgIpc) is 2.79. The van der Waals surface area contributed by atoms with Crippen LogP contribution in [0.15, 0.2) is 24.3 Å². The van der Waals surface area contributed by atoms with Crippen LogP contribution >= 0.6 is 0 Å². The molecule has 4 aliphatic carbocycles. The topological polar surface area (TPSA) is 0 Å². The maximum Gasteiger partial charge on any atom is -0.0233 e. The number of allylic oxidation sites excluding steroid dienone is 3. The molecule has 0 N–H and O–H groups in total. The number of hydrogen-bond acceptors (Lipinski definition) is 0. The molecule has 0 aliphatic heterocycles. The van der Waals surface area contributed by atoms with Crippen molar-refractivity contribution in [3.05, 3.63) is 24.3 Å². The van der Waals surface area contributed by atoms with E-state index in [2.05, 4.69) is 32.6 Å². The van der Waals surface area contributed by atoms with Crippen LogP contribution < -0.4 is 0 Å². The monoisotopic (exact) mass is 424 g/mol.